The summed E-state index contributed by atoms with van der Waals surface area (Å²) >= 11 is 12.3. The zero-order valence-electron chi connectivity index (χ0n) is 16.9. The second-order valence-corrected chi connectivity index (χ2v) is 8.76. The normalized spacial score (nSPS) is 17.0. The van der Waals surface area contributed by atoms with Crippen molar-refractivity contribution in [1.82, 2.24) is 9.88 Å². The molecule has 30 heavy (non-hydrogen) atoms. The Hall–Kier alpha value is -2.50. The lowest BCUT2D eigenvalue weighted by molar-refractivity contribution is 0.0601. The highest BCUT2D eigenvalue weighted by Gasteiger charge is 2.34. The van der Waals surface area contributed by atoms with Crippen LogP contribution in [0.1, 0.15) is 24.2 Å². The van der Waals surface area contributed by atoms with Crippen molar-refractivity contribution < 1.29 is 4.79 Å². The molecule has 156 valence electrons. The van der Waals surface area contributed by atoms with Gasteiger partial charge in [0, 0.05) is 42.3 Å². The molecule has 5 nitrogen and oxygen atoms in total. The van der Waals surface area contributed by atoms with Crippen molar-refractivity contribution >= 4 is 45.7 Å². The third-order valence-corrected chi connectivity index (χ3v) is 6.44. The van der Waals surface area contributed by atoms with Crippen LogP contribution in [-0.2, 0) is 0 Å². The van der Waals surface area contributed by atoms with Gasteiger partial charge in [-0.2, -0.15) is 0 Å². The fraction of sp³-hybridized carbons (Fsp3) is 0.304. The van der Waals surface area contributed by atoms with Gasteiger partial charge in [0.1, 0.15) is 0 Å². The van der Waals surface area contributed by atoms with Gasteiger partial charge in [0.25, 0.3) is 5.91 Å². The van der Waals surface area contributed by atoms with Crippen molar-refractivity contribution in [3.63, 3.8) is 0 Å². The maximum atomic E-state index is 13.5. The first kappa shape index (κ1) is 20.8. The number of rotatable bonds is 3. The largest absolute Gasteiger partial charge is 0.368 e. The minimum atomic E-state index is -0.271. The SMILES string of the molecule is CC(C)C1CN(c2ccc(Cl)c(Cl)c2)CCN1C(=O)c1cc(=O)[nH]c2ccccc12. The Morgan fingerprint density at radius 2 is 1.83 bits per heavy atom. The average Bonchev–Trinajstić information content (AvgIpc) is 2.74. The summed E-state index contributed by atoms with van der Waals surface area (Å²) in [7, 11) is 0. The van der Waals surface area contributed by atoms with Gasteiger partial charge in [-0.1, -0.05) is 55.2 Å². The number of aromatic nitrogens is 1. The Labute approximate surface area is 185 Å². The maximum Gasteiger partial charge on any atom is 0.255 e. The molecule has 1 N–H and O–H groups in total. The van der Waals surface area contributed by atoms with Gasteiger partial charge in [0.05, 0.1) is 21.7 Å². The molecule has 0 bridgehead atoms. The predicted octanol–water partition coefficient (Wildman–Crippen LogP) is 4.82. The lowest BCUT2D eigenvalue weighted by atomic mass is 9.97. The number of amides is 1. The van der Waals surface area contributed by atoms with E-state index in [2.05, 4.69) is 23.7 Å². The van der Waals surface area contributed by atoms with E-state index in [4.69, 9.17) is 23.2 Å². The topological polar surface area (TPSA) is 56.4 Å². The molecule has 4 rings (SSSR count). The van der Waals surface area contributed by atoms with Gasteiger partial charge in [0.2, 0.25) is 5.56 Å². The van der Waals surface area contributed by atoms with Crippen molar-refractivity contribution in [3.8, 4) is 0 Å². The standard InChI is InChI=1S/C23H23Cl2N3O2/c1-14(2)21-13-27(15-7-8-18(24)19(25)11-15)9-10-28(21)23(30)17-12-22(29)26-20-6-4-3-5-16(17)20/h3-8,11-12,14,21H,9-10,13H2,1-2H3,(H,26,29). The Morgan fingerprint density at radius 3 is 2.57 bits per heavy atom. The van der Waals surface area contributed by atoms with E-state index in [1.54, 1.807) is 6.07 Å². The molecule has 7 heteroatoms. The lowest BCUT2D eigenvalue weighted by Crippen LogP contribution is -2.57. The first-order valence-electron chi connectivity index (χ1n) is 9.98. The number of fused-ring (bicyclic) bond motifs is 1. The van der Waals surface area contributed by atoms with E-state index < -0.39 is 0 Å². The summed E-state index contributed by atoms with van der Waals surface area (Å²) in [5, 5.41) is 1.80. The van der Waals surface area contributed by atoms with E-state index >= 15 is 0 Å². The molecule has 1 atom stereocenters. The van der Waals surface area contributed by atoms with Crippen LogP contribution in [0.5, 0.6) is 0 Å². The van der Waals surface area contributed by atoms with Crippen molar-refractivity contribution in [2.45, 2.75) is 19.9 Å². The number of aromatic amines is 1. The van der Waals surface area contributed by atoms with Gasteiger partial charge >= 0.3 is 0 Å². The second kappa shape index (κ2) is 8.32. The highest BCUT2D eigenvalue weighted by Crippen LogP contribution is 2.30. The summed E-state index contributed by atoms with van der Waals surface area (Å²) in [6, 6.07) is 14.4. The molecule has 0 aliphatic carbocycles. The number of benzene rings is 2. The average molecular weight is 444 g/mol. The van der Waals surface area contributed by atoms with Crippen molar-refractivity contribution in [3.05, 3.63) is 74.5 Å². The number of anilines is 1. The molecule has 1 aromatic heterocycles. The number of hydrogen-bond acceptors (Lipinski definition) is 3. The molecule has 1 aliphatic rings. The minimum Gasteiger partial charge on any atom is -0.368 e. The first-order valence-corrected chi connectivity index (χ1v) is 10.7. The molecule has 0 radical (unpaired) electrons. The summed E-state index contributed by atoms with van der Waals surface area (Å²) < 4.78 is 0. The van der Waals surface area contributed by atoms with E-state index in [0.29, 0.717) is 40.8 Å². The van der Waals surface area contributed by atoms with Crippen LogP contribution in [0.15, 0.2) is 53.3 Å². The quantitative estimate of drug-likeness (QED) is 0.630. The zero-order chi connectivity index (χ0) is 21.4. The third kappa shape index (κ3) is 3.92. The fourth-order valence-corrected chi connectivity index (χ4v) is 4.38. The predicted molar refractivity (Wildman–Crippen MR) is 123 cm³/mol. The number of carbonyl (C=O) groups excluding carboxylic acids is 1. The van der Waals surface area contributed by atoms with Gasteiger partial charge in [0.15, 0.2) is 0 Å². The van der Waals surface area contributed by atoms with Crippen molar-refractivity contribution in [2.75, 3.05) is 24.5 Å². The number of carbonyl (C=O) groups is 1. The molecule has 3 aromatic rings. The maximum absolute atomic E-state index is 13.5. The second-order valence-electron chi connectivity index (χ2n) is 7.95. The van der Waals surface area contributed by atoms with E-state index in [1.165, 1.54) is 6.07 Å². The molecule has 0 saturated carbocycles. The minimum absolute atomic E-state index is 0.00115. The number of hydrogen-bond donors (Lipinski definition) is 1. The van der Waals surface area contributed by atoms with E-state index in [9.17, 15) is 9.59 Å². The molecule has 1 amide bonds. The smallest absolute Gasteiger partial charge is 0.255 e. The Morgan fingerprint density at radius 1 is 1.07 bits per heavy atom. The van der Waals surface area contributed by atoms with E-state index in [0.717, 1.165) is 11.1 Å². The van der Waals surface area contributed by atoms with Crippen LogP contribution in [0.2, 0.25) is 10.0 Å². The molecule has 1 fully saturated rings. The number of pyridine rings is 1. The van der Waals surface area contributed by atoms with Crippen LogP contribution in [-0.4, -0.2) is 41.5 Å². The van der Waals surface area contributed by atoms with Crippen LogP contribution in [0.4, 0.5) is 5.69 Å². The lowest BCUT2D eigenvalue weighted by Gasteiger charge is -2.44. The number of nitrogens with zero attached hydrogens (tertiary/aromatic N) is 2. The molecule has 0 spiro atoms. The molecule has 2 aromatic carbocycles. The van der Waals surface area contributed by atoms with Crippen LogP contribution >= 0.6 is 23.2 Å². The highest BCUT2D eigenvalue weighted by atomic mass is 35.5. The zero-order valence-corrected chi connectivity index (χ0v) is 18.4. The van der Waals surface area contributed by atoms with E-state index in [1.807, 2.05) is 41.3 Å². The Bertz CT molecular complexity index is 1160. The number of piperazine rings is 1. The monoisotopic (exact) mass is 443 g/mol. The molecular weight excluding hydrogens is 421 g/mol. The van der Waals surface area contributed by atoms with Gasteiger partial charge in [-0.25, -0.2) is 0 Å². The number of para-hydroxylation sites is 1. The van der Waals surface area contributed by atoms with Gasteiger partial charge in [-0.05, 0) is 30.2 Å². The molecule has 1 unspecified atom stereocenters. The highest BCUT2D eigenvalue weighted by molar-refractivity contribution is 6.42. The number of H-pyrrole nitrogens is 1. The van der Waals surface area contributed by atoms with Crippen LogP contribution in [0.3, 0.4) is 0 Å². The summed E-state index contributed by atoms with van der Waals surface area (Å²) in [6.07, 6.45) is 0. The number of nitrogens with one attached hydrogen (secondary N) is 1. The molecular formula is C23H23Cl2N3O2. The summed E-state index contributed by atoms with van der Waals surface area (Å²) in [5.41, 5.74) is 1.84. The van der Waals surface area contributed by atoms with Gasteiger partial charge in [-0.15, -0.1) is 0 Å². The third-order valence-electron chi connectivity index (χ3n) is 5.70. The van der Waals surface area contributed by atoms with Crippen LogP contribution in [0.25, 0.3) is 10.9 Å². The Balaban J connectivity index is 1.66. The van der Waals surface area contributed by atoms with Crippen LogP contribution < -0.4 is 10.5 Å². The summed E-state index contributed by atoms with van der Waals surface area (Å²) in [6.45, 7) is 6.14. The van der Waals surface area contributed by atoms with Crippen molar-refractivity contribution in [2.24, 2.45) is 5.92 Å². The Kier molecular flexibility index (Phi) is 5.76. The van der Waals surface area contributed by atoms with Gasteiger partial charge in [-0.3, -0.25) is 9.59 Å². The van der Waals surface area contributed by atoms with Gasteiger partial charge < -0.3 is 14.8 Å². The molecule has 1 aliphatic heterocycles. The van der Waals surface area contributed by atoms with E-state index in [-0.39, 0.29) is 23.4 Å². The summed E-state index contributed by atoms with van der Waals surface area (Å²) in [4.78, 5) is 32.6. The molecule has 2 heterocycles. The summed E-state index contributed by atoms with van der Waals surface area (Å²) in [5.74, 6) is 0.137. The van der Waals surface area contributed by atoms with Crippen molar-refractivity contribution in [1.29, 1.82) is 0 Å². The van der Waals surface area contributed by atoms with Crippen LogP contribution in [0, 0.1) is 5.92 Å². The first-order chi connectivity index (χ1) is 14.3. The fourth-order valence-electron chi connectivity index (χ4n) is 4.09. The molecule has 1 saturated heterocycles. The number of halogens is 2.